The molecule has 8 nitrogen and oxygen atoms in total. The van der Waals surface area contributed by atoms with E-state index < -0.39 is 0 Å². The summed E-state index contributed by atoms with van der Waals surface area (Å²) in [5, 5.41) is 13.8. The Kier molecular flexibility index (Phi) is 7.48. The lowest BCUT2D eigenvalue weighted by molar-refractivity contribution is 0.239. The van der Waals surface area contributed by atoms with Crippen LogP contribution in [0.15, 0.2) is 47.5 Å². The zero-order valence-electron chi connectivity index (χ0n) is 18.7. The van der Waals surface area contributed by atoms with Crippen LogP contribution < -0.4 is 20.1 Å². The monoisotopic (exact) mass is 422 g/mol. The zero-order chi connectivity index (χ0) is 22.2. The highest BCUT2D eigenvalue weighted by Gasteiger charge is 2.09. The maximum atomic E-state index is 5.95. The maximum Gasteiger partial charge on any atom is 0.191 e. The number of aryl methyl sites for hydroxylation is 1. The molecule has 0 aliphatic rings. The molecule has 3 N–H and O–H groups in total. The minimum Gasteiger partial charge on any atom is -0.497 e. The first kappa shape index (κ1) is 22.1. The molecular weight excluding hydrogens is 392 g/mol. The summed E-state index contributed by atoms with van der Waals surface area (Å²) in [5.41, 5.74) is 3.16. The summed E-state index contributed by atoms with van der Waals surface area (Å²) in [6, 6.07) is 13.8. The molecule has 0 amide bonds. The number of rotatable bonds is 8. The highest BCUT2D eigenvalue weighted by Crippen LogP contribution is 2.22. The van der Waals surface area contributed by atoms with Gasteiger partial charge in [-0.3, -0.25) is 10.1 Å². The van der Waals surface area contributed by atoms with E-state index in [1.54, 1.807) is 14.2 Å². The second kappa shape index (κ2) is 10.5. The van der Waals surface area contributed by atoms with Crippen LogP contribution in [-0.2, 0) is 13.1 Å². The van der Waals surface area contributed by atoms with Crippen molar-refractivity contribution in [2.75, 3.05) is 14.2 Å². The van der Waals surface area contributed by atoms with Gasteiger partial charge in [-0.05, 0) is 56.7 Å². The van der Waals surface area contributed by atoms with Crippen LogP contribution in [0.5, 0.6) is 11.5 Å². The van der Waals surface area contributed by atoms with Gasteiger partial charge < -0.3 is 20.1 Å². The van der Waals surface area contributed by atoms with Crippen molar-refractivity contribution in [3.63, 3.8) is 0 Å². The summed E-state index contributed by atoms with van der Waals surface area (Å²) < 4.78 is 11.1. The first-order chi connectivity index (χ1) is 15.0. The van der Waals surface area contributed by atoms with Crippen molar-refractivity contribution < 1.29 is 9.47 Å². The van der Waals surface area contributed by atoms with Gasteiger partial charge in [0.15, 0.2) is 11.8 Å². The Balaban J connectivity index is 1.57. The van der Waals surface area contributed by atoms with Crippen LogP contribution in [0, 0.1) is 6.92 Å². The SMILES string of the molecule is CN=C(NCc1nc(-c2ccc(OC)cc2)n[nH]1)NCc1ccc(C)cc1OC(C)C. The van der Waals surface area contributed by atoms with Crippen molar-refractivity contribution in [1.29, 1.82) is 0 Å². The third-order valence-electron chi connectivity index (χ3n) is 4.56. The van der Waals surface area contributed by atoms with E-state index in [2.05, 4.69) is 55.9 Å². The maximum absolute atomic E-state index is 5.95. The molecule has 8 heteroatoms. The molecule has 0 atom stereocenters. The summed E-state index contributed by atoms with van der Waals surface area (Å²) >= 11 is 0. The van der Waals surface area contributed by atoms with Gasteiger partial charge >= 0.3 is 0 Å². The second-order valence-electron chi connectivity index (χ2n) is 7.39. The summed E-state index contributed by atoms with van der Waals surface area (Å²) in [4.78, 5) is 8.83. The Hall–Kier alpha value is -3.55. The van der Waals surface area contributed by atoms with Crippen LogP contribution >= 0.6 is 0 Å². The molecule has 0 fully saturated rings. The largest absolute Gasteiger partial charge is 0.497 e. The minimum atomic E-state index is 0.115. The van der Waals surface area contributed by atoms with E-state index in [-0.39, 0.29) is 6.10 Å². The molecule has 0 aliphatic heterocycles. The van der Waals surface area contributed by atoms with Gasteiger partial charge in [0.25, 0.3) is 0 Å². The summed E-state index contributed by atoms with van der Waals surface area (Å²) in [6.45, 7) is 7.17. The summed E-state index contributed by atoms with van der Waals surface area (Å²) in [7, 11) is 3.38. The molecule has 3 aromatic rings. The second-order valence-corrected chi connectivity index (χ2v) is 7.39. The topological polar surface area (TPSA) is 96.5 Å². The number of aromatic nitrogens is 3. The van der Waals surface area contributed by atoms with Gasteiger partial charge in [0.05, 0.1) is 19.8 Å². The van der Waals surface area contributed by atoms with Crippen LogP contribution in [0.4, 0.5) is 0 Å². The number of guanidine groups is 1. The van der Waals surface area contributed by atoms with E-state index >= 15 is 0 Å². The molecule has 0 bridgehead atoms. The Morgan fingerprint density at radius 1 is 1.10 bits per heavy atom. The van der Waals surface area contributed by atoms with Crippen molar-refractivity contribution >= 4 is 5.96 Å². The number of benzene rings is 2. The highest BCUT2D eigenvalue weighted by molar-refractivity contribution is 5.79. The summed E-state index contributed by atoms with van der Waals surface area (Å²) in [5.74, 6) is 3.70. The summed E-state index contributed by atoms with van der Waals surface area (Å²) in [6.07, 6.45) is 0.115. The van der Waals surface area contributed by atoms with Crippen molar-refractivity contribution in [3.05, 3.63) is 59.4 Å². The quantitative estimate of drug-likeness (QED) is 0.380. The Morgan fingerprint density at radius 2 is 1.84 bits per heavy atom. The van der Waals surface area contributed by atoms with Gasteiger partial charge in [-0.25, -0.2) is 4.98 Å². The molecule has 1 aromatic heterocycles. The number of methoxy groups -OCH3 is 1. The van der Waals surface area contributed by atoms with Crippen molar-refractivity contribution in [2.24, 2.45) is 4.99 Å². The van der Waals surface area contributed by atoms with Crippen LogP contribution in [-0.4, -0.2) is 41.4 Å². The number of hydrogen-bond donors (Lipinski definition) is 3. The average molecular weight is 423 g/mol. The Labute approximate surface area is 183 Å². The van der Waals surface area contributed by atoms with E-state index in [0.717, 1.165) is 22.6 Å². The molecule has 164 valence electrons. The molecule has 0 aliphatic carbocycles. The third-order valence-corrected chi connectivity index (χ3v) is 4.56. The van der Waals surface area contributed by atoms with Crippen LogP contribution in [0.2, 0.25) is 0 Å². The van der Waals surface area contributed by atoms with Crippen molar-refractivity contribution in [3.8, 4) is 22.9 Å². The van der Waals surface area contributed by atoms with Crippen LogP contribution in [0.25, 0.3) is 11.4 Å². The Morgan fingerprint density at radius 3 is 2.52 bits per heavy atom. The normalized spacial score (nSPS) is 11.5. The number of H-pyrrole nitrogens is 1. The van der Waals surface area contributed by atoms with Gasteiger partial charge in [0.2, 0.25) is 0 Å². The highest BCUT2D eigenvalue weighted by atomic mass is 16.5. The number of hydrogen-bond acceptors (Lipinski definition) is 5. The predicted molar refractivity (Wildman–Crippen MR) is 122 cm³/mol. The lowest BCUT2D eigenvalue weighted by Gasteiger charge is -2.17. The fourth-order valence-electron chi connectivity index (χ4n) is 2.98. The van der Waals surface area contributed by atoms with E-state index in [9.17, 15) is 0 Å². The van der Waals surface area contributed by atoms with E-state index in [4.69, 9.17) is 9.47 Å². The fourth-order valence-corrected chi connectivity index (χ4v) is 2.98. The van der Waals surface area contributed by atoms with Crippen molar-refractivity contribution in [1.82, 2.24) is 25.8 Å². The Bertz CT molecular complexity index is 1010. The molecular formula is C23H30N6O2. The molecule has 2 aromatic carbocycles. The first-order valence-corrected chi connectivity index (χ1v) is 10.2. The van der Waals surface area contributed by atoms with Gasteiger partial charge in [0.1, 0.15) is 17.3 Å². The standard InChI is InChI=1S/C23H30N6O2/c1-15(2)31-20-12-16(3)6-7-18(20)13-25-23(24-4)26-14-21-27-22(29-28-21)17-8-10-19(30-5)11-9-17/h6-12,15H,13-14H2,1-5H3,(H2,24,25,26)(H,27,28,29). The number of aliphatic imine (C=N–C) groups is 1. The molecule has 0 saturated carbocycles. The molecule has 0 saturated heterocycles. The molecule has 1 heterocycles. The molecule has 0 unspecified atom stereocenters. The van der Waals surface area contributed by atoms with E-state index in [0.29, 0.717) is 30.7 Å². The van der Waals surface area contributed by atoms with Gasteiger partial charge in [-0.1, -0.05) is 12.1 Å². The molecule has 3 rings (SSSR count). The van der Waals surface area contributed by atoms with E-state index in [1.807, 2.05) is 38.1 Å². The number of ether oxygens (including phenoxy) is 2. The van der Waals surface area contributed by atoms with Crippen LogP contribution in [0.1, 0.15) is 30.8 Å². The lowest BCUT2D eigenvalue weighted by Crippen LogP contribution is -2.36. The molecule has 0 radical (unpaired) electrons. The average Bonchev–Trinajstić information content (AvgIpc) is 3.24. The van der Waals surface area contributed by atoms with Gasteiger partial charge in [-0.15, -0.1) is 0 Å². The van der Waals surface area contributed by atoms with Gasteiger partial charge in [-0.2, -0.15) is 5.10 Å². The number of nitrogens with zero attached hydrogens (tertiary/aromatic N) is 3. The predicted octanol–water partition coefficient (Wildman–Crippen LogP) is 3.44. The van der Waals surface area contributed by atoms with Gasteiger partial charge in [0, 0.05) is 24.7 Å². The third kappa shape index (κ3) is 6.21. The number of nitrogens with one attached hydrogen (secondary N) is 3. The smallest absolute Gasteiger partial charge is 0.191 e. The zero-order valence-corrected chi connectivity index (χ0v) is 18.7. The number of aromatic amines is 1. The first-order valence-electron chi connectivity index (χ1n) is 10.2. The van der Waals surface area contributed by atoms with E-state index in [1.165, 1.54) is 5.56 Å². The fraction of sp³-hybridized carbons (Fsp3) is 0.348. The van der Waals surface area contributed by atoms with Crippen molar-refractivity contribution in [2.45, 2.75) is 40.0 Å². The molecule has 31 heavy (non-hydrogen) atoms. The van der Waals surface area contributed by atoms with Crippen LogP contribution in [0.3, 0.4) is 0 Å². The lowest BCUT2D eigenvalue weighted by atomic mass is 10.1. The molecule has 0 spiro atoms. The minimum absolute atomic E-state index is 0.115.